The first kappa shape index (κ1) is 16.0. The van der Waals surface area contributed by atoms with Crippen LogP contribution in [0.1, 0.15) is 33.3 Å². The highest BCUT2D eigenvalue weighted by Gasteiger charge is 2.21. The summed E-state index contributed by atoms with van der Waals surface area (Å²) in [7, 11) is 0. The average molecular weight is 279 g/mol. The maximum Gasteiger partial charge on any atom is 0.408 e. The number of hydrogen-bond acceptors (Lipinski definition) is 4. The van der Waals surface area contributed by atoms with E-state index in [1.165, 1.54) is 0 Å². The van der Waals surface area contributed by atoms with Gasteiger partial charge in [0.1, 0.15) is 18.2 Å². The first-order valence-corrected chi connectivity index (χ1v) is 6.48. The van der Waals surface area contributed by atoms with Gasteiger partial charge in [0.25, 0.3) is 0 Å². The molecule has 0 aliphatic heterocycles. The molecule has 0 heterocycles. The van der Waals surface area contributed by atoms with Crippen LogP contribution in [0.2, 0.25) is 0 Å². The van der Waals surface area contributed by atoms with Crippen molar-refractivity contribution in [3.63, 3.8) is 0 Å². The van der Waals surface area contributed by atoms with Crippen molar-refractivity contribution in [2.45, 2.75) is 45.9 Å². The summed E-state index contributed by atoms with van der Waals surface area (Å²) in [5.74, 6) is -0.500. The van der Waals surface area contributed by atoms with Crippen LogP contribution in [0.15, 0.2) is 30.3 Å². The fourth-order valence-corrected chi connectivity index (χ4v) is 1.40. The zero-order valence-corrected chi connectivity index (χ0v) is 12.3. The van der Waals surface area contributed by atoms with E-state index in [-0.39, 0.29) is 6.61 Å². The van der Waals surface area contributed by atoms with E-state index in [1.54, 1.807) is 27.7 Å². The van der Waals surface area contributed by atoms with Crippen LogP contribution >= 0.6 is 0 Å². The Morgan fingerprint density at radius 1 is 1.20 bits per heavy atom. The topological polar surface area (TPSA) is 64.6 Å². The van der Waals surface area contributed by atoms with E-state index in [4.69, 9.17) is 9.47 Å². The summed E-state index contributed by atoms with van der Waals surface area (Å²) in [4.78, 5) is 23.2. The predicted octanol–water partition coefficient (Wildman–Crippen LogP) is 2.64. The van der Waals surface area contributed by atoms with Crippen LogP contribution < -0.4 is 5.32 Å². The van der Waals surface area contributed by atoms with Gasteiger partial charge in [0.2, 0.25) is 0 Å². The Kier molecular flexibility index (Phi) is 5.55. The van der Waals surface area contributed by atoms with Crippen LogP contribution in [0.3, 0.4) is 0 Å². The second kappa shape index (κ2) is 6.93. The predicted molar refractivity (Wildman–Crippen MR) is 75.1 cm³/mol. The summed E-state index contributed by atoms with van der Waals surface area (Å²) < 4.78 is 10.2. The van der Waals surface area contributed by atoms with Gasteiger partial charge >= 0.3 is 12.1 Å². The third kappa shape index (κ3) is 6.22. The minimum absolute atomic E-state index is 0.181. The number of amides is 1. The smallest absolute Gasteiger partial charge is 0.408 e. The lowest BCUT2D eigenvalue weighted by Gasteiger charge is -2.21. The molecular formula is C15H21NO4. The summed E-state index contributed by atoms with van der Waals surface area (Å²) in [6.45, 7) is 7.00. The molecule has 1 unspecified atom stereocenters. The molecule has 1 N–H and O–H groups in total. The summed E-state index contributed by atoms with van der Waals surface area (Å²) in [5.41, 5.74) is 0.294. The van der Waals surface area contributed by atoms with Crippen LogP contribution in [-0.2, 0) is 20.9 Å². The molecule has 0 aromatic heterocycles. The number of carbonyl (C=O) groups excluding carboxylic acids is 2. The van der Waals surface area contributed by atoms with Gasteiger partial charge in [-0.05, 0) is 33.3 Å². The van der Waals surface area contributed by atoms with Crippen LogP contribution in [0.25, 0.3) is 0 Å². The Bertz CT molecular complexity index is 451. The molecule has 0 spiro atoms. The summed E-state index contributed by atoms with van der Waals surface area (Å²) in [5, 5.41) is 2.44. The average Bonchev–Trinajstić information content (AvgIpc) is 2.34. The highest BCUT2D eigenvalue weighted by atomic mass is 16.6. The van der Waals surface area contributed by atoms with Crippen molar-refractivity contribution in [3.05, 3.63) is 35.9 Å². The molecule has 0 radical (unpaired) electrons. The second-order valence-electron chi connectivity index (χ2n) is 5.46. The van der Waals surface area contributed by atoms with Gasteiger partial charge in [-0.25, -0.2) is 9.59 Å². The fourth-order valence-electron chi connectivity index (χ4n) is 1.40. The Morgan fingerprint density at radius 2 is 1.80 bits per heavy atom. The van der Waals surface area contributed by atoms with Crippen molar-refractivity contribution >= 4 is 12.1 Å². The third-order valence-electron chi connectivity index (χ3n) is 2.31. The summed E-state index contributed by atoms with van der Waals surface area (Å²) >= 11 is 0. The number of benzene rings is 1. The highest BCUT2D eigenvalue weighted by molar-refractivity contribution is 5.81. The second-order valence-corrected chi connectivity index (χ2v) is 5.46. The normalized spacial score (nSPS) is 12.4. The lowest BCUT2D eigenvalue weighted by Crippen LogP contribution is -2.42. The molecule has 5 nitrogen and oxygen atoms in total. The van der Waals surface area contributed by atoms with E-state index in [0.717, 1.165) is 5.56 Å². The lowest BCUT2D eigenvalue weighted by atomic mass is 10.2. The maximum atomic E-state index is 11.7. The SMILES string of the molecule is CC(NC(=O)OC(C)(C)C)C(=O)OCc1ccccc1. The van der Waals surface area contributed by atoms with E-state index < -0.39 is 23.7 Å². The number of hydrogen-bond donors (Lipinski definition) is 1. The van der Waals surface area contributed by atoms with E-state index >= 15 is 0 Å². The lowest BCUT2D eigenvalue weighted by molar-refractivity contribution is -0.147. The molecule has 0 aliphatic rings. The molecule has 0 saturated heterocycles. The van der Waals surface area contributed by atoms with Gasteiger partial charge in [-0.3, -0.25) is 0 Å². The first-order chi connectivity index (χ1) is 9.28. The molecule has 20 heavy (non-hydrogen) atoms. The van der Waals surface area contributed by atoms with Gasteiger partial charge in [-0.15, -0.1) is 0 Å². The van der Waals surface area contributed by atoms with Crippen molar-refractivity contribution in [1.82, 2.24) is 5.32 Å². The highest BCUT2D eigenvalue weighted by Crippen LogP contribution is 2.07. The largest absolute Gasteiger partial charge is 0.459 e. The van der Waals surface area contributed by atoms with Crippen LogP contribution in [0, 0.1) is 0 Å². The number of carbonyl (C=O) groups is 2. The standard InChI is InChI=1S/C15H21NO4/c1-11(16-14(18)20-15(2,3)4)13(17)19-10-12-8-6-5-7-9-12/h5-9,11H,10H2,1-4H3,(H,16,18). The molecular weight excluding hydrogens is 258 g/mol. The van der Waals surface area contributed by atoms with Gasteiger partial charge in [0.05, 0.1) is 0 Å². The van der Waals surface area contributed by atoms with Crippen LogP contribution in [0.5, 0.6) is 0 Å². The number of nitrogens with one attached hydrogen (secondary N) is 1. The third-order valence-corrected chi connectivity index (χ3v) is 2.31. The number of alkyl carbamates (subject to hydrolysis) is 1. The van der Waals surface area contributed by atoms with Crippen LogP contribution in [0.4, 0.5) is 4.79 Å². The quantitative estimate of drug-likeness (QED) is 0.860. The van der Waals surface area contributed by atoms with E-state index in [2.05, 4.69) is 5.32 Å². The monoisotopic (exact) mass is 279 g/mol. The van der Waals surface area contributed by atoms with Crippen molar-refractivity contribution < 1.29 is 19.1 Å². The van der Waals surface area contributed by atoms with Crippen molar-refractivity contribution in [2.75, 3.05) is 0 Å². The Balaban J connectivity index is 2.38. The molecule has 110 valence electrons. The molecule has 1 atom stereocenters. The molecule has 0 aliphatic carbocycles. The Hall–Kier alpha value is -2.04. The fraction of sp³-hybridized carbons (Fsp3) is 0.467. The summed E-state index contributed by atoms with van der Waals surface area (Å²) in [6.07, 6.45) is -0.637. The van der Waals surface area contributed by atoms with Gasteiger partial charge in [-0.2, -0.15) is 0 Å². The zero-order chi connectivity index (χ0) is 15.2. The van der Waals surface area contributed by atoms with Gasteiger partial charge in [-0.1, -0.05) is 30.3 Å². The van der Waals surface area contributed by atoms with Crippen molar-refractivity contribution in [1.29, 1.82) is 0 Å². The molecule has 1 aromatic carbocycles. The van der Waals surface area contributed by atoms with E-state index in [1.807, 2.05) is 30.3 Å². The molecule has 1 rings (SSSR count). The molecule has 0 fully saturated rings. The summed E-state index contributed by atoms with van der Waals surface area (Å²) in [6, 6.07) is 8.58. The zero-order valence-electron chi connectivity index (χ0n) is 12.3. The van der Waals surface area contributed by atoms with Gasteiger partial charge < -0.3 is 14.8 Å². The minimum atomic E-state index is -0.756. The first-order valence-electron chi connectivity index (χ1n) is 6.48. The molecule has 5 heteroatoms. The molecule has 0 saturated carbocycles. The molecule has 0 bridgehead atoms. The molecule has 1 aromatic rings. The van der Waals surface area contributed by atoms with E-state index in [0.29, 0.717) is 0 Å². The number of esters is 1. The van der Waals surface area contributed by atoms with Gasteiger partial charge in [0.15, 0.2) is 0 Å². The molecule has 1 amide bonds. The Morgan fingerprint density at radius 3 is 2.35 bits per heavy atom. The van der Waals surface area contributed by atoms with Gasteiger partial charge in [0, 0.05) is 0 Å². The van der Waals surface area contributed by atoms with Crippen molar-refractivity contribution in [3.8, 4) is 0 Å². The Labute approximate surface area is 119 Å². The maximum absolute atomic E-state index is 11.7. The minimum Gasteiger partial charge on any atom is -0.459 e. The van der Waals surface area contributed by atoms with E-state index in [9.17, 15) is 9.59 Å². The number of ether oxygens (including phenoxy) is 2. The van der Waals surface area contributed by atoms with Crippen LogP contribution in [-0.4, -0.2) is 23.7 Å². The van der Waals surface area contributed by atoms with Crippen molar-refractivity contribution in [2.24, 2.45) is 0 Å². The number of rotatable bonds is 4.